The molecular formula is C26H39N7O6S. The smallest absolute Gasteiger partial charge is 0.323 e. The van der Waals surface area contributed by atoms with E-state index in [0.717, 1.165) is 23.3 Å². The molecule has 1 unspecified atom stereocenters. The van der Waals surface area contributed by atoms with Crippen molar-refractivity contribution in [2.75, 3.05) is 38.0 Å². The van der Waals surface area contributed by atoms with Crippen molar-refractivity contribution >= 4 is 39.5 Å². The van der Waals surface area contributed by atoms with Crippen molar-refractivity contribution in [3.05, 3.63) is 23.8 Å². The number of anilines is 1. The molecule has 1 saturated carbocycles. The van der Waals surface area contributed by atoms with E-state index in [1.165, 1.54) is 6.07 Å². The fraction of sp³-hybridized carbons (Fsp3) is 0.615. The molecule has 1 aromatic carbocycles. The Hall–Kier alpha value is -3.39. The predicted molar refractivity (Wildman–Crippen MR) is 148 cm³/mol. The summed E-state index contributed by atoms with van der Waals surface area (Å²) >= 11 is 0. The third kappa shape index (κ3) is 7.42. The fourth-order valence-corrected chi connectivity index (χ4v) is 6.83. The van der Waals surface area contributed by atoms with Crippen LogP contribution < -0.4 is 21.1 Å². The number of para-hydroxylation sites is 1. The Bertz CT molecular complexity index is 1250. The van der Waals surface area contributed by atoms with Crippen LogP contribution in [-0.2, 0) is 30.8 Å². The van der Waals surface area contributed by atoms with Gasteiger partial charge in [0, 0.05) is 32.2 Å². The van der Waals surface area contributed by atoms with E-state index < -0.39 is 46.8 Å². The summed E-state index contributed by atoms with van der Waals surface area (Å²) in [7, 11) is -4.26. The molecule has 3 aliphatic rings. The topological polar surface area (TPSA) is 198 Å². The van der Waals surface area contributed by atoms with E-state index >= 15 is 0 Å². The van der Waals surface area contributed by atoms with E-state index in [1.54, 1.807) is 11.0 Å². The number of piperidine rings is 1. The number of nitrogens with two attached hydrogens (primary N) is 1. The second-order valence-electron chi connectivity index (χ2n) is 11.1. The van der Waals surface area contributed by atoms with Gasteiger partial charge in [0.2, 0.25) is 21.8 Å². The predicted octanol–water partition coefficient (Wildman–Crippen LogP) is 0.125. The molecule has 7 N–H and O–H groups in total. The van der Waals surface area contributed by atoms with Crippen molar-refractivity contribution in [3.63, 3.8) is 0 Å². The monoisotopic (exact) mass is 577 g/mol. The number of carbonyl (C=O) groups is 3. The minimum Gasteiger partial charge on any atom is -0.480 e. The summed E-state index contributed by atoms with van der Waals surface area (Å²) in [6.45, 7) is 3.56. The highest BCUT2D eigenvalue weighted by Crippen LogP contribution is 2.32. The molecule has 4 rings (SSSR count). The Morgan fingerprint density at radius 3 is 2.70 bits per heavy atom. The maximum absolute atomic E-state index is 13.6. The van der Waals surface area contributed by atoms with Crippen molar-refractivity contribution in [1.82, 2.24) is 19.8 Å². The van der Waals surface area contributed by atoms with Crippen LogP contribution >= 0.6 is 0 Å². The van der Waals surface area contributed by atoms with Gasteiger partial charge in [0.25, 0.3) is 0 Å². The number of carboxylic acids is 1. The molecule has 3 atom stereocenters. The molecule has 2 aliphatic heterocycles. The molecule has 0 spiro atoms. The Morgan fingerprint density at radius 2 is 2.02 bits per heavy atom. The molecule has 2 heterocycles. The Kier molecular flexibility index (Phi) is 9.19. The maximum Gasteiger partial charge on any atom is 0.323 e. The first-order valence-corrected chi connectivity index (χ1v) is 15.2. The first kappa shape index (κ1) is 29.6. The minimum atomic E-state index is -4.26. The number of nitrogens with one attached hydrogen (secondary N) is 4. The first-order chi connectivity index (χ1) is 18.9. The number of aliphatic carboxylic acids is 1. The van der Waals surface area contributed by atoms with Crippen LogP contribution in [0.3, 0.4) is 0 Å². The summed E-state index contributed by atoms with van der Waals surface area (Å²) in [5.41, 5.74) is 6.92. The second-order valence-corrected chi connectivity index (χ2v) is 12.8. The number of guanidine groups is 1. The second kappa shape index (κ2) is 12.4. The van der Waals surface area contributed by atoms with E-state index in [9.17, 15) is 27.9 Å². The van der Waals surface area contributed by atoms with Crippen LogP contribution in [0.25, 0.3) is 0 Å². The molecular weight excluding hydrogens is 538 g/mol. The lowest BCUT2D eigenvalue weighted by molar-refractivity contribution is -0.146. The summed E-state index contributed by atoms with van der Waals surface area (Å²) in [6, 6.07) is 3.17. The quantitative estimate of drug-likeness (QED) is 0.156. The van der Waals surface area contributed by atoms with Gasteiger partial charge < -0.3 is 31.3 Å². The molecule has 0 aromatic heterocycles. The standard InChI is InChI=1S/C26H39N7O6S/c1-16-10-18-5-2-6-21(24(18)30-12-16)40(38,39)31-20(25(37)33(15-23(35)36)19-7-8-19)11-22(34)29-13-17-4-3-9-32(14-17)26(27)28/h2,5-6,16-17,19-20,30-31H,3-4,7-15H2,1H3,(H3,27,28)(H,29,34)(H,35,36)/t16?,17-,20-/m0/s1. The number of hydrogen-bond acceptors (Lipinski definition) is 7. The molecule has 0 bridgehead atoms. The zero-order chi connectivity index (χ0) is 29.0. The summed E-state index contributed by atoms with van der Waals surface area (Å²) in [4.78, 5) is 40.9. The van der Waals surface area contributed by atoms with Gasteiger partial charge in [0.15, 0.2) is 5.96 Å². The fourth-order valence-electron chi connectivity index (χ4n) is 5.41. The Labute approximate surface area is 234 Å². The summed E-state index contributed by atoms with van der Waals surface area (Å²) < 4.78 is 29.7. The molecule has 14 heteroatoms. The van der Waals surface area contributed by atoms with Crippen LogP contribution in [0, 0.1) is 17.2 Å². The van der Waals surface area contributed by atoms with Gasteiger partial charge >= 0.3 is 5.97 Å². The number of nitrogens with zero attached hydrogens (tertiary/aromatic N) is 2. The van der Waals surface area contributed by atoms with Gasteiger partial charge in [-0.15, -0.1) is 0 Å². The molecule has 13 nitrogen and oxygen atoms in total. The average Bonchev–Trinajstić information content (AvgIpc) is 3.74. The van der Waals surface area contributed by atoms with Crippen LogP contribution in [0.15, 0.2) is 23.1 Å². The molecule has 40 heavy (non-hydrogen) atoms. The number of fused-ring (bicyclic) bond motifs is 1. The number of carbonyl (C=O) groups excluding carboxylic acids is 2. The van der Waals surface area contributed by atoms with Crippen LogP contribution in [0.5, 0.6) is 0 Å². The van der Waals surface area contributed by atoms with Gasteiger partial charge in [-0.25, -0.2) is 8.42 Å². The number of amides is 2. The van der Waals surface area contributed by atoms with Crippen molar-refractivity contribution in [2.45, 2.75) is 62.4 Å². The van der Waals surface area contributed by atoms with Crippen molar-refractivity contribution in [3.8, 4) is 0 Å². The highest BCUT2D eigenvalue weighted by atomic mass is 32.2. The lowest BCUT2D eigenvalue weighted by Crippen LogP contribution is -2.52. The van der Waals surface area contributed by atoms with E-state index in [2.05, 4.69) is 22.3 Å². The van der Waals surface area contributed by atoms with Gasteiger partial charge in [-0.1, -0.05) is 19.1 Å². The van der Waals surface area contributed by atoms with E-state index in [4.69, 9.17) is 11.1 Å². The normalized spacial score (nSPS) is 21.5. The van der Waals surface area contributed by atoms with Crippen LogP contribution in [0.2, 0.25) is 0 Å². The number of sulfonamides is 1. The van der Waals surface area contributed by atoms with E-state index in [0.29, 0.717) is 50.5 Å². The van der Waals surface area contributed by atoms with E-state index in [-0.39, 0.29) is 29.4 Å². The zero-order valence-electron chi connectivity index (χ0n) is 22.7. The van der Waals surface area contributed by atoms with Gasteiger partial charge in [0.1, 0.15) is 17.5 Å². The molecule has 220 valence electrons. The van der Waals surface area contributed by atoms with Crippen LogP contribution in [0.1, 0.15) is 44.6 Å². The zero-order valence-corrected chi connectivity index (χ0v) is 23.5. The van der Waals surface area contributed by atoms with Crippen molar-refractivity contribution in [2.24, 2.45) is 17.6 Å². The Balaban J connectivity index is 1.52. The third-order valence-corrected chi connectivity index (χ3v) is 9.12. The molecule has 0 radical (unpaired) electrons. The molecule has 2 amide bonds. The summed E-state index contributed by atoms with van der Waals surface area (Å²) in [5.74, 6) is -2.14. The van der Waals surface area contributed by atoms with Gasteiger partial charge in [-0.05, 0) is 55.6 Å². The Morgan fingerprint density at radius 1 is 1.27 bits per heavy atom. The maximum atomic E-state index is 13.6. The van der Waals surface area contributed by atoms with Crippen molar-refractivity contribution in [1.29, 1.82) is 5.41 Å². The minimum absolute atomic E-state index is 0.0159. The lowest BCUT2D eigenvalue weighted by Gasteiger charge is -2.33. The number of carboxylic acid groups (broad SMARTS) is 1. The molecule has 1 aromatic rings. The number of benzene rings is 1. The van der Waals surface area contributed by atoms with Gasteiger partial charge in [0.05, 0.1) is 12.1 Å². The van der Waals surface area contributed by atoms with Gasteiger partial charge in [-0.3, -0.25) is 19.8 Å². The number of likely N-dealkylation sites (tertiary alicyclic amines) is 1. The summed E-state index contributed by atoms with van der Waals surface area (Å²) in [5, 5.41) is 23.0. The van der Waals surface area contributed by atoms with Crippen LogP contribution in [-0.4, -0.2) is 91.9 Å². The third-order valence-electron chi connectivity index (χ3n) is 7.61. The highest BCUT2D eigenvalue weighted by Gasteiger charge is 2.40. The largest absolute Gasteiger partial charge is 0.480 e. The van der Waals surface area contributed by atoms with E-state index in [1.807, 2.05) is 6.07 Å². The average molecular weight is 578 g/mol. The first-order valence-electron chi connectivity index (χ1n) is 13.7. The molecule has 2 fully saturated rings. The number of hydrogen-bond donors (Lipinski definition) is 6. The molecule has 1 saturated heterocycles. The number of rotatable bonds is 11. The van der Waals surface area contributed by atoms with Crippen molar-refractivity contribution < 1.29 is 27.9 Å². The van der Waals surface area contributed by atoms with Crippen LogP contribution in [0.4, 0.5) is 5.69 Å². The summed E-state index contributed by atoms with van der Waals surface area (Å²) in [6.07, 6.45) is 3.11. The molecule has 1 aliphatic carbocycles. The van der Waals surface area contributed by atoms with Gasteiger partial charge in [-0.2, -0.15) is 4.72 Å². The SMILES string of the molecule is CC1CNc2c(cccc2S(=O)(=O)N[C@@H](CC(=O)NC[C@@H]2CCCN(C(=N)N)C2)C(=O)N(CC(=O)O)C2CC2)C1. The lowest BCUT2D eigenvalue weighted by atomic mass is 9.96. The highest BCUT2D eigenvalue weighted by molar-refractivity contribution is 7.89.